The summed E-state index contributed by atoms with van der Waals surface area (Å²) in [4.78, 5) is 18.1. The number of rotatable bonds is 3. The standard InChI is InChI=1S/C16H21N3O/c1-12(2)19-7-4-3-5-15(19)14-10-18-8-6-13(11-20)9-16(18)17-14/h6,8-12,15H,3-5,7H2,1-2H3. The number of pyridine rings is 1. The summed E-state index contributed by atoms with van der Waals surface area (Å²) in [5, 5.41) is 0. The molecular weight excluding hydrogens is 250 g/mol. The minimum absolute atomic E-state index is 0.406. The van der Waals surface area contributed by atoms with Crippen LogP contribution in [-0.2, 0) is 0 Å². The third-order valence-corrected chi connectivity index (χ3v) is 4.19. The maximum Gasteiger partial charge on any atom is 0.150 e. The molecule has 0 radical (unpaired) electrons. The summed E-state index contributed by atoms with van der Waals surface area (Å²) in [7, 11) is 0. The van der Waals surface area contributed by atoms with Crippen molar-refractivity contribution in [3.8, 4) is 0 Å². The van der Waals surface area contributed by atoms with E-state index < -0.39 is 0 Å². The Morgan fingerprint density at radius 1 is 1.40 bits per heavy atom. The zero-order chi connectivity index (χ0) is 14.1. The Balaban J connectivity index is 1.97. The number of fused-ring (bicyclic) bond motifs is 1. The SMILES string of the molecule is CC(C)N1CCCCC1c1cn2ccc(C=O)cc2n1. The number of imidazole rings is 1. The van der Waals surface area contributed by atoms with Crippen LogP contribution in [0.3, 0.4) is 0 Å². The van der Waals surface area contributed by atoms with Gasteiger partial charge in [0.2, 0.25) is 0 Å². The van der Waals surface area contributed by atoms with Gasteiger partial charge in [0.1, 0.15) is 11.9 Å². The van der Waals surface area contributed by atoms with Crippen molar-refractivity contribution in [2.75, 3.05) is 6.54 Å². The lowest BCUT2D eigenvalue weighted by atomic mass is 9.98. The highest BCUT2D eigenvalue weighted by atomic mass is 16.1. The molecule has 3 heterocycles. The molecule has 1 aliphatic heterocycles. The highest BCUT2D eigenvalue weighted by molar-refractivity contribution is 5.76. The molecule has 20 heavy (non-hydrogen) atoms. The summed E-state index contributed by atoms with van der Waals surface area (Å²) in [5.74, 6) is 0. The van der Waals surface area contributed by atoms with Crippen molar-refractivity contribution in [3.05, 3.63) is 35.8 Å². The third kappa shape index (κ3) is 2.36. The molecule has 1 aliphatic rings. The Labute approximate surface area is 119 Å². The second-order valence-electron chi connectivity index (χ2n) is 5.85. The lowest BCUT2D eigenvalue weighted by molar-refractivity contribution is 0.109. The van der Waals surface area contributed by atoms with E-state index in [-0.39, 0.29) is 0 Å². The molecule has 1 fully saturated rings. The molecule has 0 aliphatic carbocycles. The van der Waals surface area contributed by atoms with Gasteiger partial charge in [-0.3, -0.25) is 9.69 Å². The Morgan fingerprint density at radius 3 is 3.00 bits per heavy atom. The van der Waals surface area contributed by atoms with Crippen LogP contribution in [0.2, 0.25) is 0 Å². The van der Waals surface area contributed by atoms with Gasteiger partial charge in [-0.15, -0.1) is 0 Å². The van der Waals surface area contributed by atoms with Crippen LogP contribution < -0.4 is 0 Å². The van der Waals surface area contributed by atoms with Crippen molar-refractivity contribution in [2.45, 2.75) is 45.2 Å². The first-order valence-corrected chi connectivity index (χ1v) is 7.38. The van der Waals surface area contributed by atoms with Gasteiger partial charge < -0.3 is 4.40 Å². The molecule has 0 saturated carbocycles. The molecular formula is C16H21N3O. The summed E-state index contributed by atoms with van der Waals surface area (Å²) < 4.78 is 2.01. The predicted molar refractivity (Wildman–Crippen MR) is 79.0 cm³/mol. The number of aldehydes is 1. The van der Waals surface area contributed by atoms with E-state index in [0.717, 1.165) is 24.2 Å². The van der Waals surface area contributed by atoms with Crippen molar-refractivity contribution in [3.63, 3.8) is 0 Å². The molecule has 4 heteroatoms. The van der Waals surface area contributed by atoms with E-state index in [4.69, 9.17) is 4.98 Å². The lowest BCUT2D eigenvalue weighted by Crippen LogP contribution is -2.38. The summed E-state index contributed by atoms with van der Waals surface area (Å²) >= 11 is 0. The molecule has 0 aromatic carbocycles. The van der Waals surface area contributed by atoms with E-state index in [0.29, 0.717) is 17.6 Å². The van der Waals surface area contributed by atoms with E-state index in [9.17, 15) is 4.79 Å². The fraction of sp³-hybridized carbons (Fsp3) is 0.500. The zero-order valence-electron chi connectivity index (χ0n) is 12.1. The highest BCUT2D eigenvalue weighted by Gasteiger charge is 2.27. The molecule has 1 saturated heterocycles. The predicted octanol–water partition coefficient (Wildman–Crippen LogP) is 3.08. The second kappa shape index (κ2) is 5.37. The number of hydrogen-bond donors (Lipinski definition) is 0. The van der Waals surface area contributed by atoms with Crippen LogP contribution in [0.1, 0.15) is 55.2 Å². The quantitative estimate of drug-likeness (QED) is 0.805. The Hall–Kier alpha value is -1.68. The average Bonchev–Trinajstić information content (AvgIpc) is 2.89. The molecule has 0 N–H and O–H groups in total. The van der Waals surface area contributed by atoms with Gasteiger partial charge in [-0.05, 0) is 45.4 Å². The Kier molecular flexibility index (Phi) is 3.57. The summed E-state index contributed by atoms with van der Waals surface area (Å²) in [6, 6.07) is 4.62. The maximum absolute atomic E-state index is 10.9. The summed E-state index contributed by atoms with van der Waals surface area (Å²) in [5.41, 5.74) is 2.67. The number of likely N-dealkylation sites (tertiary alicyclic amines) is 1. The van der Waals surface area contributed by atoms with E-state index in [1.54, 1.807) is 0 Å². The number of nitrogens with zero attached hydrogens (tertiary/aromatic N) is 3. The lowest BCUT2D eigenvalue weighted by Gasteiger charge is -2.37. The molecule has 1 atom stereocenters. The number of aromatic nitrogens is 2. The molecule has 0 amide bonds. The zero-order valence-corrected chi connectivity index (χ0v) is 12.1. The Bertz CT molecular complexity index is 617. The van der Waals surface area contributed by atoms with Crippen LogP contribution in [0, 0.1) is 0 Å². The summed E-state index contributed by atoms with van der Waals surface area (Å²) in [6.07, 6.45) is 8.60. The molecule has 1 unspecified atom stereocenters. The molecule has 4 nitrogen and oxygen atoms in total. The first-order chi connectivity index (χ1) is 9.69. The average molecular weight is 271 g/mol. The van der Waals surface area contributed by atoms with Crippen LogP contribution in [0.15, 0.2) is 24.5 Å². The van der Waals surface area contributed by atoms with Crippen LogP contribution >= 0.6 is 0 Å². The van der Waals surface area contributed by atoms with E-state index in [1.807, 2.05) is 22.7 Å². The Morgan fingerprint density at radius 2 is 2.25 bits per heavy atom. The fourth-order valence-corrected chi connectivity index (χ4v) is 3.14. The van der Waals surface area contributed by atoms with Gasteiger partial charge in [-0.2, -0.15) is 0 Å². The van der Waals surface area contributed by atoms with Gasteiger partial charge in [0.15, 0.2) is 0 Å². The topological polar surface area (TPSA) is 37.6 Å². The molecule has 106 valence electrons. The van der Waals surface area contributed by atoms with Crippen LogP contribution in [-0.4, -0.2) is 33.2 Å². The number of carbonyl (C=O) groups excluding carboxylic acids is 1. The minimum Gasteiger partial charge on any atom is -0.307 e. The molecule has 0 spiro atoms. The van der Waals surface area contributed by atoms with Crippen molar-refractivity contribution in [1.82, 2.24) is 14.3 Å². The van der Waals surface area contributed by atoms with Crippen LogP contribution in [0.25, 0.3) is 5.65 Å². The molecule has 3 rings (SSSR count). The van der Waals surface area contributed by atoms with E-state index in [2.05, 4.69) is 24.9 Å². The first-order valence-electron chi connectivity index (χ1n) is 7.38. The maximum atomic E-state index is 10.9. The first kappa shape index (κ1) is 13.3. The van der Waals surface area contributed by atoms with Crippen LogP contribution in [0.5, 0.6) is 0 Å². The van der Waals surface area contributed by atoms with Gasteiger partial charge in [0, 0.05) is 24.0 Å². The van der Waals surface area contributed by atoms with Gasteiger partial charge in [-0.25, -0.2) is 4.98 Å². The molecule has 2 aromatic heterocycles. The van der Waals surface area contributed by atoms with Crippen molar-refractivity contribution in [2.24, 2.45) is 0 Å². The van der Waals surface area contributed by atoms with Gasteiger partial charge in [0.05, 0.1) is 11.7 Å². The van der Waals surface area contributed by atoms with Gasteiger partial charge >= 0.3 is 0 Å². The van der Waals surface area contributed by atoms with Crippen LogP contribution in [0.4, 0.5) is 0 Å². The smallest absolute Gasteiger partial charge is 0.150 e. The summed E-state index contributed by atoms with van der Waals surface area (Å²) in [6.45, 7) is 5.65. The fourth-order valence-electron chi connectivity index (χ4n) is 3.14. The second-order valence-corrected chi connectivity index (χ2v) is 5.85. The number of hydrogen-bond acceptors (Lipinski definition) is 3. The third-order valence-electron chi connectivity index (χ3n) is 4.19. The molecule has 0 bridgehead atoms. The van der Waals surface area contributed by atoms with E-state index in [1.165, 1.54) is 19.3 Å². The minimum atomic E-state index is 0.406. The van der Waals surface area contributed by atoms with Crippen molar-refractivity contribution >= 4 is 11.9 Å². The van der Waals surface area contributed by atoms with Crippen molar-refractivity contribution in [1.29, 1.82) is 0 Å². The number of carbonyl (C=O) groups is 1. The highest BCUT2D eigenvalue weighted by Crippen LogP contribution is 2.31. The van der Waals surface area contributed by atoms with E-state index >= 15 is 0 Å². The van der Waals surface area contributed by atoms with Gasteiger partial charge in [0.25, 0.3) is 0 Å². The largest absolute Gasteiger partial charge is 0.307 e. The van der Waals surface area contributed by atoms with Crippen molar-refractivity contribution < 1.29 is 4.79 Å². The monoisotopic (exact) mass is 271 g/mol. The number of piperidine rings is 1. The molecule has 2 aromatic rings. The normalized spacial score (nSPS) is 20.6. The van der Waals surface area contributed by atoms with Gasteiger partial charge in [-0.1, -0.05) is 6.42 Å².